The fourth-order valence-electron chi connectivity index (χ4n) is 3.11. The number of rotatable bonds is 6. The molecule has 3 N–H and O–H groups in total. The molecule has 1 saturated carbocycles. The van der Waals surface area contributed by atoms with Crippen molar-refractivity contribution in [2.24, 2.45) is 0 Å². The van der Waals surface area contributed by atoms with Crippen molar-refractivity contribution >= 4 is 21.7 Å². The molecule has 0 aliphatic heterocycles. The Bertz CT molecular complexity index is 872. The van der Waals surface area contributed by atoms with Gasteiger partial charge in [-0.05, 0) is 49.6 Å². The summed E-state index contributed by atoms with van der Waals surface area (Å²) >= 11 is 0. The smallest absolute Gasteiger partial charge is 0.319 e. The molecule has 2 amide bonds. The fraction of sp³-hybridized carbons (Fsp3) is 0.350. The van der Waals surface area contributed by atoms with Gasteiger partial charge in [0.1, 0.15) is 0 Å². The van der Waals surface area contributed by atoms with E-state index in [2.05, 4.69) is 15.4 Å². The highest BCUT2D eigenvalue weighted by Gasteiger charge is 2.22. The first-order chi connectivity index (χ1) is 12.9. The Morgan fingerprint density at radius 1 is 1.00 bits per heavy atom. The van der Waals surface area contributed by atoms with Gasteiger partial charge in [0, 0.05) is 18.3 Å². The molecule has 0 atom stereocenters. The number of carbonyl (C=O) groups excluding carboxylic acids is 1. The number of nitrogens with one attached hydrogen (secondary N) is 3. The van der Waals surface area contributed by atoms with Crippen molar-refractivity contribution in [1.29, 1.82) is 0 Å². The summed E-state index contributed by atoms with van der Waals surface area (Å²) in [5.41, 5.74) is 2.71. The third kappa shape index (κ3) is 5.55. The largest absolute Gasteiger partial charge is 0.334 e. The minimum atomic E-state index is -3.52. The number of hydrogen-bond donors (Lipinski definition) is 3. The first-order valence-electron chi connectivity index (χ1n) is 9.15. The minimum Gasteiger partial charge on any atom is -0.334 e. The molecule has 2 aromatic rings. The van der Waals surface area contributed by atoms with E-state index < -0.39 is 10.0 Å². The van der Waals surface area contributed by atoms with Gasteiger partial charge in [0.25, 0.3) is 0 Å². The van der Waals surface area contributed by atoms with E-state index in [1.807, 2.05) is 31.2 Å². The monoisotopic (exact) mass is 387 g/mol. The molecule has 1 aliphatic rings. The summed E-state index contributed by atoms with van der Waals surface area (Å²) in [4.78, 5) is 12.2. The average Bonchev–Trinajstić information content (AvgIpc) is 3.14. The molecule has 6 nitrogen and oxygen atoms in total. The lowest BCUT2D eigenvalue weighted by Crippen LogP contribution is -2.32. The van der Waals surface area contributed by atoms with Gasteiger partial charge in [-0.2, -0.15) is 0 Å². The zero-order valence-electron chi connectivity index (χ0n) is 15.4. The predicted molar refractivity (Wildman–Crippen MR) is 106 cm³/mol. The van der Waals surface area contributed by atoms with Crippen molar-refractivity contribution in [3.05, 3.63) is 59.7 Å². The first-order valence-corrected chi connectivity index (χ1v) is 10.6. The van der Waals surface area contributed by atoms with Gasteiger partial charge >= 0.3 is 6.03 Å². The van der Waals surface area contributed by atoms with Crippen molar-refractivity contribution in [2.75, 3.05) is 5.32 Å². The minimum absolute atomic E-state index is 0.0281. The molecule has 0 bridgehead atoms. The summed E-state index contributed by atoms with van der Waals surface area (Å²) < 4.78 is 27.5. The van der Waals surface area contributed by atoms with Crippen molar-refractivity contribution in [2.45, 2.75) is 50.1 Å². The Balaban J connectivity index is 1.53. The summed E-state index contributed by atoms with van der Waals surface area (Å²) in [6, 6.07) is 13.8. The molecule has 0 unspecified atom stereocenters. The van der Waals surface area contributed by atoms with Crippen LogP contribution in [0, 0.1) is 6.92 Å². The molecule has 0 spiro atoms. The second-order valence-electron chi connectivity index (χ2n) is 6.92. The maximum Gasteiger partial charge on any atom is 0.319 e. The van der Waals surface area contributed by atoms with Gasteiger partial charge in [-0.1, -0.05) is 42.7 Å². The Morgan fingerprint density at radius 2 is 1.63 bits per heavy atom. The van der Waals surface area contributed by atoms with E-state index in [4.69, 9.17) is 0 Å². The van der Waals surface area contributed by atoms with Crippen LogP contribution >= 0.6 is 0 Å². The van der Waals surface area contributed by atoms with Gasteiger partial charge in [-0.3, -0.25) is 0 Å². The number of anilines is 1. The Hall–Kier alpha value is -2.38. The number of aryl methyl sites for hydroxylation is 1. The van der Waals surface area contributed by atoms with Crippen LogP contribution in [0.4, 0.5) is 10.5 Å². The van der Waals surface area contributed by atoms with E-state index in [-0.39, 0.29) is 17.0 Å². The molecule has 144 valence electrons. The van der Waals surface area contributed by atoms with Gasteiger partial charge in [-0.15, -0.1) is 0 Å². The number of carbonyl (C=O) groups is 1. The Kier molecular flexibility index (Phi) is 6.13. The Labute approximate surface area is 160 Å². The van der Waals surface area contributed by atoms with Crippen molar-refractivity contribution < 1.29 is 13.2 Å². The molecule has 1 fully saturated rings. The molecule has 27 heavy (non-hydrogen) atoms. The van der Waals surface area contributed by atoms with Crippen LogP contribution in [-0.4, -0.2) is 20.5 Å². The number of amides is 2. The molecule has 3 rings (SSSR count). The molecule has 2 aromatic carbocycles. The van der Waals surface area contributed by atoms with Gasteiger partial charge in [0.2, 0.25) is 10.0 Å². The summed E-state index contributed by atoms with van der Waals surface area (Å²) in [6.07, 6.45) is 3.90. The van der Waals surface area contributed by atoms with Crippen LogP contribution in [0.5, 0.6) is 0 Å². The van der Waals surface area contributed by atoms with E-state index in [1.165, 1.54) is 17.7 Å². The number of hydrogen-bond acceptors (Lipinski definition) is 3. The van der Waals surface area contributed by atoms with Crippen LogP contribution in [-0.2, 0) is 16.6 Å². The van der Waals surface area contributed by atoms with E-state index in [0.717, 1.165) is 31.2 Å². The molecule has 0 heterocycles. The number of urea groups is 1. The van der Waals surface area contributed by atoms with Crippen LogP contribution in [0.3, 0.4) is 0 Å². The van der Waals surface area contributed by atoms with Crippen LogP contribution in [0.15, 0.2) is 53.4 Å². The molecular weight excluding hydrogens is 362 g/mol. The maximum absolute atomic E-state index is 12.4. The van der Waals surface area contributed by atoms with Crippen LogP contribution in [0.25, 0.3) is 0 Å². The van der Waals surface area contributed by atoms with Crippen molar-refractivity contribution in [1.82, 2.24) is 10.0 Å². The number of sulfonamides is 1. The predicted octanol–water partition coefficient (Wildman–Crippen LogP) is 3.54. The van der Waals surface area contributed by atoms with Gasteiger partial charge in [0.05, 0.1) is 4.90 Å². The SMILES string of the molecule is Cc1ccc(CNC(=O)Nc2ccc(S(=O)(=O)NC3CCCC3)cc2)cc1. The van der Waals surface area contributed by atoms with Gasteiger partial charge in [-0.25, -0.2) is 17.9 Å². The molecular formula is C20H25N3O3S. The quantitative estimate of drug-likeness (QED) is 0.708. The van der Waals surface area contributed by atoms with E-state index in [9.17, 15) is 13.2 Å². The summed E-state index contributed by atoms with van der Waals surface area (Å²) in [5, 5.41) is 5.49. The molecule has 0 radical (unpaired) electrons. The molecule has 0 aromatic heterocycles. The Morgan fingerprint density at radius 3 is 2.26 bits per heavy atom. The van der Waals surface area contributed by atoms with Gasteiger partial charge < -0.3 is 10.6 Å². The maximum atomic E-state index is 12.4. The van der Waals surface area contributed by atoms with Crippen LogP contribution in [0.2, 0.25) is 0 Å². The van der Waals surface area contributed by atoms with E-state index in [1.54, 1.807) is 12.1 Å². The fourth-order valence-corrected chi connectivity index (χ4v) is 4.42. The zero-order valence-corrected chi connectivity index (χ0v) is 16.2. The molecule has 7 heteroatoms. The average molecular weight is 388 g/mol. The third-order valence-corrected chi connectivity index (χ3v) is 6.21. The second-order valence-corrected chi connectivity index (χ2v) is 8.63. The van der Waals surface area contributed by atoms with Gasteiger partial charge in [0.15, 0.2) is 0 Å². The highest BCUT2D eigenvalue weighted by molar-refractivity contribution is 7.89. The lowest BCUT2D eigenvalue weighted by atomic mass is 10.1. The van der Waals surface area contributed by atoms with Crippen molar-refractivity contribution in [3.8, 4) is 0 Å². The zero-order chi connectivity index (χ0) is 19.3. The molecule has 1 aliphatic carbocycles. The normalized spacial score (nSPS) is 14.9. The first kappa shape index (κ1) is 19.4. The van der Waals surface area contributed by atoms with Crippen molar-refractivity contribution in [3.63, 3.8) is 0 Å². The van der Waals surface area contributed by atoms with Crippen LogP contribution < -0.4 is 15.4 Å². The highest BCUT2D eigenvalue weighted by atomic mass is 32.2. The number of benzene rings is 2. The topological polar surface area (TPSA) is 87.3 Å². The van der Waals surface area contributed by atoms with Crippen LogP contribution in [0.1, 0.15) is 36.8 Å². The molecule has 0 saturated heterocycles. The van der Waals surface area contributed by atoms with E-state index >= 15 is 0 Å². The summed E-state index contributed by atoms with van der Waals surface area (Å²) in [5.74, 6) is 0. The summed E-state index contributed by atoms with van der Waals surface area (Å²) in [7, 11) is -3.52. The lowest BCUT2D eigenvalue weighted by molar-refractivity contribution is 0.251. The van der Waals surface area contributed by atoms with E-state index in [0.29, 0.717) is 12.2 Å². The third-order valence-electron chi connectivity index (χ3n) is 4.67. The standard InChI is InChI=1S/C20H25N3O3S/c1-15-6-8-16(9-7-15)14-21-20(24)22-17-10-12-19(13-11-17)27(25,26)23-18-4-2-3-5-18/h6-13,18,23H,2-5,14H2,1H3,(H2,21,22,24). The highest BCUT2D eigenvalue weighted by Crippen LogP contribution is 2.21. The lowest BCUT2D eigenvalue weighted by Gasteiger charge is -2.13. The summed E-state index contributed by atoms with van der Waals surface area (Å²) in [6.45, 7) is 2.43. The second kappa shape index (κ2) is 8.54.